The van der Waals surface area contributed by atoms with E-state index in [2.05, 4.69) is 0 Å². The van der Waals surface area contributed by atoms with Crippen LogP contribution in [0.3, 0.4) is 0 Å². The molecule has 2 rings (SSSR count). The van der Waals surface area contributed by atoms with Crippen molar-refractivity contribution in [3.05, 3.63) is 42.0 Å². The van der Waals surface area contributed by atoms with Crippen molar-refractivity contribution in [2.24, 2.45) is 0 Å². The molecule has 2 aromatic rings. The predicted octanol–water partition coefficient (Wildman–Crippen LogP) is -2.85. The van der Waals surface area contributed by atoms with Crippen molar-refractivity contribution in [3.8, 4) is 5.75 Å². The summed E-state index contributed by atoms with van der Waals surface area (Å²) < 4.78 is 5.55. The topological polar surface area (TPSA) is 89.5 Å². The summed E-state index contributed by atoms with van der Waals surface area (Å²) in [5, 5.41) is 22.7. The molecule has 0 saturated carbocycles. The average molecular weight is 369 g/mol. The summed E-state index contributed by atoms with van der Waals surface area (Å²) in [7, 11) is 7.02. The Bertz CT molecular complexity index is 755. The van der Waals surface area contributed by atoms with Crippen molar-refractivity contribution in [3.63, 3.8) is 0 Å². The number of hydrogen-bond donors (Lipinski definition) is 0. The Morgan fingerprint density at radius 3 is 2.00 bits per heavy atom. The summed E-state index contributed by atoms with van der Waals surface area (Å²) in [5.74, 6) is -1.87. The number of carboxylic acid groups (broad SMARTS) is 2. The smallest absolute Gasteiger partial charge is 0.550 e. The van der Waals surface area contributed by atoms with E-state index in [1.54, 1.807) is 35.2 Å². The van der Waals surface area contributed by atoms with Gasteiger partial charge < -0.3 is 29.0 Å². The van der Waals surface area contributed by atoms with E-state index in [0.29, 0.717) is 4.48 Å². The molecule has 26 heavy (non-hydrogen) atoms. The van der Waals surface area contributed by atoms with Crippen molar-refractivity contribution < 1.29 is 58.6 Å². The molecule has 0 fully saturated rings. The number of nitrogens with zero attached hydrogens (tertiary/aromatic N) is 1. The number of likely N-dealkylation sites (N-methyl/N-ethyl adjacent to an activating group) is 1. The van der Waals surface area contributed by atoms with Crippen LogP contribution in [0.2, 0.25) is 0 Å². The third-order valence-corrected chi connectivity index (χ3v) is 3.53. The number of carbonyl (C=O) groups excluding carboxylic acids is 2. The van der Waals surface area contributed by atoms with Crippen molar-refractivity contribution in [1.29, 1.82) is 0 Å². The van der Waals surface area contributed by atoms with Crippen molar-refractivity contribution in [2.75, 3.05) is 34.8 Å². The Morgan fingerprint density at radius 2 is 1.58 bits per heavy atom. The van der Waals surface area contributed by atoms with Crippen molar-refractivity contribution in [1.82, 2.24) is 0 Å². The van der Waals surface area contributed by atoms with Gasteiger partial charge in [-0.25, -0.2) is 0 Å². The zero-order valence-corrected chi connectivity index (χ0v) is 18.2. The number of aliphatic carboxylic acids is 2. The molecule has 0 aliphatic heterocycles. The van der Waals surface area contributed by atoms with Gasteiger partial charge in [0.1, 0.15) is 12.3 Å². The van der Waals surface area contributed by atoms with Gasteiger partial charge in [-0.3, -0.25) is 0 Å². The number of carboxylic acids is 2. The van der Waals surface area contributed by atoms with Gasteiger partial charge in [0.15, 0.2) is 0 Å². The summed E-state index contributed by atoms with van der Waals surface area (Å²) in [5.41, 5.74) is 0.752. The number of rotatable bonds is 5. The van der Waals surface area contributed by atoms with Gasteiger partial charge in [-0.1, -0.05) is 31.2 Å². The Hall–Kier alpha value is -1.60. The van der Waals surface area contributed by atoms with E-state index in [-0.39, 0.29) is 36.1 Å². The maximum atomic E-state index is 10.8. The van der Waals surface area contributed by atoms with E-state index in [1.165, 1.54) is 0 Å². The number of carbonyl (C=O) groups is 2. The third kappa shape index (κ3) is 8.19. The fourth-order valence-corrected chi connectivity index (χ4v) is 2.16. The second kappa shape index (κ2) is 10.5. The number of quaternary nitrogens is 1. The Labute approximate surface area is 176 Å². The van der Waals surface area contributed by atoms with Crippen LogP contribution in [0, 0.1) is 0 Å². The number of fused-ring (bicyclic) bond motifs is 1. The molecule has 0 unspecified atom stereocenters. The van der Waals surface area contributed by atoms with Crippen LogP contribution in [-0.2, 0) is 9.59 Å². The van der Waals surface area contributed by atoms with E-state index >= 15 is 0 Å². The molecule has 0 bridgehead atoms. The first-order valence-electron chi connectivity index (χ1n) is 7.82. The van der Waals surface area contributed by atoms with Crippen LogP contribution in [0.4, 0.5) is 0 Å². The third-order valence-electron chi connectivity index (χ3n) is 3.53. The Morgan fingerprint density at radius 1 is 1.04 bits per heavy atom. The van der Waals surface area contributed by atoms with Crippen molar-refractivity contribution >= 4 is 22.7 Å². The van der Waals surface area contributed by atoms with Crippen LogP contribution in [0.5, 0.6) is 5.75 Å². The maximum absolute atomic E-state index is 10.8. The van der Waals surface area contributed by atoms with Gasteiger partial charge in [0, 0.05) is 11.9 Å². The van der Waals surface area contributed by atoms with Crippen LogP contribution >= 0.6 is 0 Å². The van der Waals surface area contributed by atoms with E-state index in [4.69, 9.17) is 4.74 Å². The van der Waals surface area contributed by atoms with Crippen LogP contribution in [0.25, 0.3) is 10.8 Å². The molecular formula is C19H24NNaO5. The summed E-state index contributed by atoms with van der Waals surface area (Å²) >= 11 is 0. The van der Waals surface area contributed by atoms with Crippen molar-refractivity contribution in [2.45, 2.75) is 12.8 Å². The number of benzene rings is 2. The Balaban J connectivity index is 0.000000597. The van der Waals surface area contributed by atoms with Crippen LogP contribution in [-0.4, -0.2) is 51.2 Å². The second-order valence-electron chi connectivity index (χ2n) is 6.83. The number of hydrogen-bond acceptors (Lipinski definition) is 5. The SMILES string of the molecule is COc1ccc2cc([C@@H](C)C(=O)[O-])ccc2c1.C[N+](C)(C)CC(=O)[O-].[Na+]. The molecule has 0 aromatic heterocycles. The zero-order valence-electron chi connectivity index (χ0n) is 16.2. The monoisotopic (exact) mass is 369 g/mol. The molecule has 6 nitrogen and oxygen atoms in total. The van der Waals surface area contributed by atoms with Gasteiger partial charge in [-0.15, -0.1) is 0 Å². The molecule has 0 radical (unpaired) electrons. The zero-order chi connectivity index (χ0) is 19.2. The van der Waals surface area contributed by atoms with Gasteiger partial charge in [0.2, 0.25) is 0 Å². The predicted molar refractivity (Wildman–Crippen MR) is 91.8 cm³/mol. The summed E-state index contributed by atoms with van der Waals surface area (Å²) in [6, 6.07) is 11.3. The van der Waals surface area contributed by atoms with E-state index in [0.717, 1.165) is 22.1 Å². The first kappa shape index (κ1) is 24.4. The molecule has 7 heteroatoms. The average Bonchev–Trinajstić information content (AvgIpc) is 2.51. The number of methoxy groups -OCH3 is 1. The molecule has 0 N–H and O–H groups in total. The first-order chi connectivity index (χ1) is 11.5. The first-order valence-corrected chi connectivity index (χ1v) is 7.82. The van der Waals surface area contributed by atoms with E-state index in [9.17, 15) is 19.8 Å². The molecule has 0 spiro atoms. The minimum Gasteiger partial charge on any atom is -0.550 e. The molecule has 0 aliphatic carbocycles. The van der Waals surface area contributed by atoms with Crippen LogP contribution in [0.1, 0.15) is 18.4 Å². The van der Waals surface area contributed by atoms with Gasteiger partial charge in [-0.2, -0.15) is 0 Å². The molecule has 2 aromatic carbocycles. The molecule has 136 valence electrons. The molecule has 0 heterocycles. The van der Waals surface area contributed by atoms with Gasteiger partial charge in [-0.05, 0) is 28.5 Å². The van der Waals surface area contributed by atoms with E-state index < -0.39 is 17.9 Å². The standard InChI is InChI=1S/C14H14O3.C5H11NO2.Na/c1-9(14(15)16)10-3-4-12-8-13(17-2)6-5-11(12)7-10;1-6(2,3)4-5(7)8;/h3-9H,1-2H3,(H,15,16);4H2,1-3H3;/q;;+1/p-1/t9-;;/m1../s1. The minimum atomic E-state index is -1.06. The fourth-order valence-electron chi connectivity index (χ4n) is 2.16. The largest absolute Gasteiger partial charge is 1.00 e. The molecule has 1 atom stereocenters. The molecule has 0 aliphatic rings. The summed E-state index contributed by atoms with van der Waals surface area (Å²) in [4.78, 5) is 20.7. The summed E-state index contributed by atoms with van der Waals surface area (Å²) in [6.45, 7) is 1.69. The minimum absolute atomic E-state index is 0. The normalized spacial score (nSPS) is 11.6. The molecule has 0 saturated heterocycles. The maximum Gasteiger partial charge on any atom is 1.00 e. The van der Waals surface area contributed by atoms with Gasteiger partial charge in [0.05, 0.1) is 34.2 Å². The molecule has 0 amide bonds. The van der Waals surface area contributed by atoms with Gasteiger partial charge >= 0.3 is 29.6 Å². The van der Waals surface area contributed by atoms with Crippen LogP contribution in [0.15, 0.2) is 36.4 Å². The quantitative estimate of drug-likeness (QED) is 0.418. The Kier molecular flexibility index (Phi) is 9.88. The van der Waals surface area contributed by atoms with Gasteiger partial charge in [0.25, 0.3) is 0 Å². The van der Waals surface area contributed by atoms with Crippen LogP contribution < -0.4 is 44.5 Å². The van der Waals surface area contributed by atoms with E-state index in [1.807, 2.05) is 36.4 Å². The second-order valence-corrected chi connectivity index (χ2v) is 6.83. The fraction of sp³-hybridized carbons (Fsp3) is 0.368. The summed E-state index contributed by atoms with van der Waals surface area (Å²) in [6.07, 6.45) is 0. The molecular weight excluding hydrogens is 345 g/mol. The number of ether oxygens (including phenoxy) is 1.